The topological polar surface area (TPSA) is 88.3 Å². The Kier molecular flexibility index (Phi) is 3.82. The molecule has 0 saturated carbocycles. The van der Waals surface area contributed by atoms with E-state index in [2.05, 4.69) is 15.3 Å². The van der Waals surface area contributed by atoms with Gasteiger partial charge < -0.3 is 14.8 Å². The van der Waals surface area contributed by atoms with Gasteiger partial charge in [0.1, 0.15) is 6.26 Å². The highest BCUT2D eigenvalue weighted by Crippen LogP contribution is 2.20. The molecule has 110 valence electrons. The van der Waals surface area contributed by atoms with Gasteiger partial charge in [0.05, 0.1) is 12.1 Å². The summed E-state index contributed by atoms with van der Waals surface area (Å²) >= 11 is 0. The summed E-state index contributed by atoms with van der Waals surface area (Å²) in [7, 11) is 0. The van der Waals surface area contributed by atoms with E-state index in [1.165, 1.54) is 18.5 Å². The van der Waals surface area contributed by atoms with Crippen LogP contribution in [0.15, 0.2) is 59.3 Å². The number of pyridine rings is 1. The molecule has 3 rings (SSSR count). The van der Waals surface area contributed by atoms with Crippen molar-refractivity contribution in [2.24, 2.45) is 0 Å². The molecule has 2 aromatic heterocycles. The molecule has 22 heavy (non-hydrogen) atoms. The van der Waals surface area contributed by atoms with Crippen LogP contribution in [0.2, 0.25) is 0 Å². The maximum Gasteiger partial charge on any atom is 0.231 e. The molecular formula is C16H13N3O3. The standard InChI is InChI=1S/C16H13N3O3/c20-13-7-4-8-17-15(13)19-14(21)9-12-10-22-16(18-12)11-5-2-1-3-6-11/h1-8,10,20H,9H2,(H,17,19,21). The SMILES string of the molecule is O=C(Cc1coc(-c2ccccc2)n1)Nc1ncccc1O. The van der Waals surface area contributed by atoms with Gasteiger partial charge in [-0.1, -0.05) is 18.2 Å². The van der Waals surface area contributed by atoms with Crippen LogP contribution in [-0.2, 0) is 11.2 Å². The number of carbonyl (C=O) groups is 1. The van der Waals surface area contributed by atoms with Gasteiger partial charge in [-0.25, -0.2) is 9.97 Å². The second kappa shape index (κ2) is 6.09. The Labute approximate surface area is 126 Å². The Morgan fingerprint density at radius 2 is 2.00 bits per heavy atom. The average Bonchev–Trinajstić information content (AvgIpc) is 2.99. The molecule has 0 saturated heterocycles. The first-order valence-electron chi connectivity index (χ1n) is 6.66. The van der Waals surface area contributed by atoms with E-state index in [0.29, 0.717) is 11.6 Å². The molecule has 0 aliphatic heterocycles. The highest BCUT2D eigenvalue weighted by Gasteiger charge is 2.12. The maximum atomic E-state index is 11.9. The number of hydrogen-bond acceptors (Lipinski definition) is 5. The average molecular weight is 295 g/mol. The molecule has 1 aromatic carbocycles. The number of nitrogens with one attached hydrogen (secondary N) is 1. The number of anilines is 1. The molecule has 6 nitrogen and oxygen atoms in total. The summed E-state index contributed by atoms with van der Waals surface area (Å²) in [6, 6.07) is 12.5. The van der Waals surface area contributed by atoms with Crippen molar-refractivity contribution in [1.82, 2.24) is 9.97 Å². The molecule has 0 bridgehead atoms. The number of aromatic hydroxyl groups is 1. The fourth-order valence-corrected chi connectivity index (χ4v) is 1.94. The van der Waals surface area contributed by atoms with Gasteiger partial charge in [-0.3, -0.25) is 4.79 Å². The van der Waals surface area contributed by atoms with Crippen molar-refractivity contribution < 1.29 is 14.3 Å². The lowest BCUT2D eigenvalue weighted by Gasteiger charge is -2.04. The monoisotopic (exact) mass is 295 g/mol. The molecule has 0 aliphatic rings. The van der Waals surface area contributed by atoms with Gasteiger partial charge in [-0.15, -0.1) is 0 Å². The Bertz CT molecular complexity index is 784. The van der Waals surface area contributed by atoms with Crippen LogP contribution in [0.1, 0.15) is 5.69 Å². The van der Waals surface area contributed by atoms with E-state index >= 15 is 0 Å². The fourth-order valence-electron chi connectivity index (χ4n) is 1.94. The first-order valence-corrected chi connectivity index (χ1v) is 6.66. The molecule has 0 radical (unpaired) electrons. The van der Waals surface area contributed by atoms with E-state index in [-0.39, 0.29) is 23.9 Å². The molecule has 0 fully saturated rings. The molecule has 0 spiro atoms. The van der Waals surface area contributed by atoms with Crippen molar-refractivity contribution in [1.29, 1.82) is 0 Å². The van der Waals surface area contributed by atoms with E-state index in [1.54, 1.807) is 6.07 Å². The number of oxazole rings is 1. The fraction of sp³-hybridized carbons (Fsp3) is 0.0625. The van der Waals surface area contributed by atoms with Crippen LogP contribution in [0.25, 0.3) is 11.5 Å². The van der Waals surface area contributed by atoms with Gasteiger partial charge in [0, 0.05) is 11.8 Å². The van der Waals surface area contributed by atoms with Crippen LogP contribution < -0.4 is 5.32 Å². The normalized spacial score (nSPS) is 10.4. The van der Waals surface area contributed by atoms with E-state index in [9.17, 15) is 9.90 Å². The zero-order valence-corrected chi connectivity index (χ0v) is 11.6. The van der Waals surface area contributed by atoms with Crippen molar-refractivity contribution in [3.63, 3.8) is 0 Å². The first kappa shape index (κ1) is 13.8. The minimum Gasteiger partial charge on any atom is -0.504 e. The summed E-state index contributed by atoms with van der Waals surface area (Å²) in [5, 5.41) is 12.1. The van der Waals surface area contributed by atoms with Crippen molar-refractivity contribution in [3.8, 4) is 17.2 Å². The van der Waals surface area contributed by atoms with Crippen LogP contribution in [0.3, 0.4) is 0 Å². The van der Waals surface area contributed by atoms with Crippen LogP contribution in [0.5, 0.6) is 5.75 Å². The smallest absolute Gasteiger partial charge is 0.231 e. The predicted octanol–water partition coefficient (Wildman–Crippen LogP) is 2.62. The Morgan fingerprint density at radius 1 is 1.18 bits per heavy atom. The van der Waals surface area contributed by atoms with Crippen molar-refractivity contribution in [2.45, 2.75) is 6.42 Å². The van der Waals surface area contributed by atoms with E-state index in [4.69, 9.17) is 4.42 Å². The minimum absolute atomic E-state index is 0.0341. The summed E-state index contributed by atoms with van der Waals surface area (Å²) < 4.78 is 5.37. The molecule has 1 amide bonds. The van der Waals surface area contributed by atoms with Crippen LogP contribution in [-0.4, -0.2) is 21.0 Å². The largest absolute Gasteiger partial charge is 0.504 e. The number of benzene rings is 1. The zero-order valence-electron chi connectivity index (χ0n) is 11.6. The third-order valence-electron chi connectivity index (χ3n) is 2.96. The second-order valence-corrected chi connectivity index (χ2v) is 4.61. The summed E-state index contributed by atoms with van der Waals surface area (Å²) in [5.41, 5.74) is 1.35. The highest BCUT2D eigenvalue weighted by molar-refractivity contribution is 5.92. The van der Waals surface area contributed by atoms with Gasteiger partial charge in [0.2, 0.25) is 11.8 Å². The number of rotatable bonds is 4. The number of nitrogens with zero attached hydrogens (tertiary/aromatic N) is 2. The second-order valence-electron chi connectivity index (χ2n) is 4.61. The molecule has 0 atom stereocenters. The molecule has 0 unspecified atom stereocenters. The highest BCUT2D eigenvalue weighted by atomic mass is 16.3. The van der Waals surface area contributed by atoms with Crippen molar-refractivity contribution in [3.05, 3.63) is 60.6 Å². The lowest BCUT2D eigenvalue weighted by molar-refractivity contribution is -0.115. The van der Waals surface area contributed by atoms with Crippen LogP contribution >= 0.6 is 0 Å². The number of hydrogen-bond donors (Lipinski definition) is 2. The lowest BCUT2D eigenvalue weighted by atomic mass is 10.2. The number of aromatic nitrogens is 2. The molecular weight excluding hydrogens is 282 g/mol. The Morgan fingerprint density at radius 3 is 2.77 bits per heavy atom. The van der Waals surface area contributed by atoms with E-state index < -0.39 is 0 Å². The Balaban J connectivity index is 1.68. The van der Waals surface area contributed by atoms with E-state index in [1.807, 2.05) is 30.3 Å². The van der Waals surface area contributed by atoms with Gasteiger partial charge in [0.25, 0.3) is 0 Å². The molecule has 3 aromatic rings. The summed E-state index contributed by atoms with van der Waals surface area (Å²) in [6.07, 6.45) is 2.96. The Hall–Kier alpha value is -3.15. The third-order valence-corrected chi connectivity index (χ3v) is 2.96. The summed E-state index contributed by atoms with van der Waals surface area (Å²) in [5.74, 6) is 0.172. The summed E-state index contributed by atoms with van der Waals surface area (Å²) in [4.78, 5) is 20.1. The molecule has 0 aliphatic carbocycles. The van der Waals surface area contributed by atoms with Crippen molar-refractivity contribution >= 4 is 11.7 Å². The molecule has 2 N–H and O–H groups in total. The predicted molar refractivity (Wildman–Crippen MR) is 80.2 cm³/mol. The van der Waals surface area contributed by atoms with Gasteiger partial charge in [0.15, 0.2) is 11.6 Å². The number of carbonyl (C=O) groups excluding carboxylic acids is 1. The molecule has 6 heteroatoms. The quantitative estimate of drug-likeness (QED) is 0.772. The van der Waals surface area contributed by atoms with Gasteiger partial charge >= 0.3 is 0 Å². The number of amides is 1. The minimum atomic E-state index is -0.332. The lowest BCUT2D eigenvalue weighted by Crippen LogP contribution is -2.15. The van der Waals surface area contributed by atoms with Crippen LogP contribution in [0.4, 0.5) is 5.82 Å². The van der Waals surface area contributed by atoms with E-state index in [0.717, 1.165) is 5.56 Å². The van der Waals surface area contributed by atoms with Crippen LogP contribution in [0, 0.1) is 0 Å². The van der Waals surface area contributed by atoms with Crippen molar-refractivity contribution in [2.75, 3.05) is 5.32 Å². The molecule has 2 heterocycles. The third kappa shape index (κ3) is 3.12. The van der Waals surface area contributed by atoms with Gasteiger partial charge in [-0.2, -0.15) is 0 Å². The summed E-state index contributed by atoms with van der Waals surface area (Å²) in [6.45, 7) is 0. The first-order chi connectivity index (χ1) is 10.7. The maximum absolute atomic E-state index is 11.9. The zero-order chi connectivity index (χ0) is 15.4. The van der Waals surface area contributed by atoms with Gasteiger partial charge in [-0.05, 0) is 24.3 Å².